The molecule has 8 heteroatoms. The number of ether oxygens (including phenoxy) is 1. The molecule has 0 aliphatic heterocycles. The second-order valence-electron chi connectivity index (χ2n) is 8.32. The van der Waals surface area contributed by atoms with Crippen LogP contribution in [0.2, 0.25) is 0 Å². The molecule has 180 valence electrons. The van der Waals surface area contributed by atoms with Gasteiger partial charge in [-0.25, -0.2) is 4.79 Å². The van der Waals surface area contributed by atoms with Crippen LogP contribution in [0.25, 0.3) is 11.1 Å². The standard InChI is InChI=1S/C27H26N2O6/c1-17-14-18(26(33)29(12-13-30)15-25(31)32)10-11-24(17)28-27(34)35-16-23-21-8-4-2-6-19(21)20-7-3-5-9-22(20)23/h2-11,14,23,30H,12-13,15-16H2,1H3,(H,28,34)(H,31,32). The zero-order valence-electron chi connectivity index (χ0n) is 19.2. The number of amides is 2. The minimum atomic E-state index is -1.17. The number of hydrogen-bond acceptors (Lipinski definition) is 5. The molecule has 1 aliphatic rings. The summed E-state index contributed by atoms with van der Waals surface area (Å²) in [7, 11) is 0. The van der Waals surface area contributed by atoms with Crippen molar-refractivity contribution in [2.75, 3.05) is 31.6 Å². The lowest BCUT2D eigenvalue weighted by molar-refractivity contribution is -0.137. The van der Waals surface area contributed by atoms with E-state index in [1.807, 2.05) is 36.4 Å². The summed E-state index contributed by atoms with van der Waals surface area (Å²) in [5.74, 6) is -1.74. The maximum absolute atomic E-state index is 12.6. The van der Waals surface area contributed by atoms with Crippen molar-refractivity contribution in [3.8, 4) is 11.1 Å². The molecule has 0 aromatic heterocycles. The summed E-state index contributed by atoms with van der Waals surface area (Å²) in [4.78, 5) is 37.3. The van der Waals surface area contributed by atoms with Gasteiger partial charge in [0.15, 0.2) is 0 Å². The van der Waals surface area contributed by atoms with Crippen molar-refractivity contribution in [2.24, 2.45) is 0 Å². The number of fused-ring (bicyclic) bond motifs is 3. The number of carbonyl (C=O) groups is 3. The smallest absolute Gasteiger partial charge is 0.411 e. The molecular weight excluding hydrogens is 448 g/mol. The molecule has 35 heavy (non-hydrogen) atoms. The van der Waals surface area contributed by atoms with Crippen molar-refractivity contribution in [3.05, 3.63) is 89.0 Å². The molecule has 0 saturated carbocycles. The van der Waals surface area contributed by atoms with E-state index in [0.29, 0.717) is 11.3 Å². The monoisotopic (exact) mass is 474 g/mol. The predicted octanol–water partition coefficient (Wildman–Crippen LogP) is 3.88. The molecule has 0 unspecified atom stereocenters. The molecule has 3 aromatic carbocycles. The van der Waals surface area contributed by atoms with Crippen LogP contribution in [-0.4, -0.2) is 59.4 Å². The first kappa shape index (κ1) is 24.0. The number of aryl methyl sites for hydroxylation is 1. The molecule has 3 N–H and O–H groups in total. The molecule has 0 heterocycles. The number of aliphatic carboxylic acids is 1. The summed E-state index contributed by atoms with van der Waals surface area (Å²) in [5.41, 5.74) is 5.88. The van der Waals surface area contributed by atoms with Gasteiger partial charge in [-0.15, -0.1) is 0 Å². The third-order valence-corrected chi connectivity index (χ3v) is 6.04. The number of nitrogens with one attached hydrogen (secondary N) is 1. The number of nitrogens with zero attached hydrogens (tertiary/aromatic N) is 1. The quantitative estimate of drug-likeness (QED) is 0.456. The number of carbonyl (C=O) groups excluding carboxylic acids is 2. The van der Waals surface area contributed by atoms with Crippen molar-refractivity contribution >= 4 is 23.7 Å². The van der Waals surface area contributed by atoms with Crippen molar-refractivity contribution in [3.63, 3.8) is 0 Å². The van der Waals surface area contributed by atoms with Crippen LogP contribution in [0, 0.1) is 6.92 Å². The number of benzene rings is 3. The van der Waals surface area contributed by atoms with Gasteiger partial charge in [-0.2, -0.15) is 0 Å². The predicted molar refractivity (Wildman–Crippen MR) is 130 cm³/mol. The van der Waals surface area contributed by atoms with Crippen LogP contribution in [0.3, 0.4) is 0 Å². The highest BCUT2D eigenvalue weighted by Gasteiger charge is 2.29. The Hall–Kier alpha value is -4.17. The summed E-state index contributed by atoms with van der Waals surface area (Å²) in [6.45, 7) is 0.950. The maximum Gasteiger partial charge on any atom is 0.411 e. The zero-order chi connectivity index (χ0) is 24.9. The van der Waals surface area contributed by atoms with E-state index in [-0.39, 0.29) is 31.2 Å². The minimum Gasteiger partial charge on any atom is -0.480 e. The summed E-state index contributed by atoms with van der Waals surface area (Å²) >= 11 is 0. The normalized spacial score (nSPS) is 11.9. The molecule has 1 aliphatic carbocycles. The summed E-state index contributed by atoms with van der Waals surface area (Å²) in [5, 5.41) is 20.9. The lowest BCUT2D eigenvalue weighted by Gasteiger charge is -2.20. The van der Waals surface area contributed by atoms with E-state index in [0.717, 1.165) is 27.2 Å². The van der Waals surface area contributed by atoms with Gasteiger partial charge in [0.2, 0.25) is 0 Å². The fourth-order valence-corrected chi connectivity index (χ4v) is 4.40. The maximum atomic E-state index is 12.6. The van der Waals surface area contributed by atoms with E-state index in [1.165, 1.54) is 6.07 Å². The van der Waals surface area contributed by atoms with Gasteiger partial charge >= 0.3 is 12.1 Å². The summed E-state index contributed by atoms with van der Waals surface area (Å²) < 4.78 is 5.57. The SMILES string of the molecule is Cc1cc(C(=O)N(CCO)CC(=O)O)ccc1NC(=O)OCC1c2ccccc2-c2ccccc21. The van der Waals surface area contributed by atoms with Crippen LogP contribution in [-0.2, 0) is 9.53 Å². The molecule has 0 fully saturated rings. The Balaban J connectivity index is 1.42. The van der Waals surface area contributed by atoms with Crippen molar-refractivity contribution in [1.82, 2.24) is 4.90 Å². The Labute approximate surface area is 202 Å². The number of anilines is 1. The first-order valence-electron chi connectivity index (χ1n) is 11.2. The number of rotatable bonds is 8. The van der Waals surface area contributed by atoms with Gasteiger partial charge in [0.05, 0.1) is 6.61 Å². The third-order valence-electron chi connectivity index (χ3n) is 6.04. The topological polar surface area (TPSA) is 116 Å². The highest BCUT2D eigenvalue weighted by Crippen LogP contribution is 2.44. The Kier molecular flexibility index (Phi) is 7.12. The lowest BCUT2D eigenvalue weighted by atomic mass is 9.98. The lowest BCUT2D eigenvalue weighted by Crippen LogP contribution is -2.37. The molecule has 0 bridgehead atoms. The molecule has 0 spiro atoms. The second kappa shape index (κ2) is 10.4. The first-order valence-corrected chi connectivity index (χ1v) is 11.2. The molecule has 8 nitrogen and oxygen atoms in total. The van der Waals surface area contributed by atoms with E-state index in [2.05, 4.69) is 17.4 Å². The number of carboxylic acid groups (broad SMARTS) is 1. The summed E-state index contributed by atoms with van der Waals surface area (Å²) in [6, 6.07) is 20.8. The van der Waals surface area contributed by atoms with Crippen molar-refractivity contribution in [2.45, 2.75) is 12.8 Å². The Morgan fingerprint density at radius 3 is 2.17 bits per heavy atom. The average molecular weight is 475 g/mol. The number of carboxylic acids is 1. The van der Waals surface area contributed by atoms with Crippen LogP contribution in [0.4, 0.5) is 10.5 Å². The fraction of sp³-hybridized carbons (Fsp3) is 0.222. The Bertz CT molecular complexity index is 1230. The molecule has 0 saturated heterocycles. The number of aliphatic hydroxyl groups is 1. The largest absolute Gasteiger partial charge is 0.480 e. The van der Waals surface area contributed by atoms with Crippen LogP contribution in [0.1, 0.15) is 33.0 Å². The van der Waals surface area contributed by atoms with Crippen molar-refractivity contribution in [1.29, 1.82) is 0 Å². The van der Waals surface area contributed by atoms with E-state index >= 15 is 0 Å². The van der Waals surface area contributed by atoms with Gasteiger partial charge in [0, 0.05) is 23.7 Å². The number of aliphatic hydroxyl groups excluding tert-OH is 1. The van der Waals surface area contributed by atoms with Gasteiger partial charge in [-0.1, -0.05) is 48.5 Å². The zero-order valence-corrected chi connectivity index (χ0v) is 19.2. The van der Waals surface area contributed by atoms with Gasteiger partial charge in [-0.05, 0) is 52.9 Å². The van der Waals surface area contributed by atoms with Gasteiger partial charge in [-0.3, -0.25) is 14.9 Å². The second-order valence-corrected chi connectivity index (χ2v) is 8.32. The fourth-order valence-electron chi connectivity index (χ4n) is 4.40. The van der Waals surface area contributed by atoms with Crippen LogP contribution >= 0.6 is 0 Å². The highest BCUT2D eigenvalue weighted by atomic mass is 16.5. The van der Waals surface area contributed by atoms with Crippen LogP contribution in [0.5, 0.6) is 0 Å². The molecular formula is C27H26N2O6. The molecule has 0 radical (unpaired) electrons. The van der Waals surface area contributed by atoms with Crippen LogP contribution in [0.15, 0.2) is 66.7 Å². The molecule has 4 rings (SSSR count). The molecule has 0 atom stereocenters. The van der Waals surface area contributed by atoms with Gasteiger partial charge in [0.25, 0.3) is 5.91 Å². The van der Waals surface area contributed by atoms with Crippen LogP contribution < -0.4 is 5.32 Å². The van der Waals surface area contributed by atoms with Crippen molar-refractivity contribution < 1.29 is 29.3 Å². The minimum absolute atomic E-state index is 0.0546. The molecule has 3 aromatic rings. The molecule has 2 amide bonds. The number of hydrogen-bond donors (Lipinski definition) is 3. The Morgan fingerprint density at radius 2 is 1.60 bits per heavy atom. The van der Waals surface area contributed by atoms with E-state index in [1.54, 1.807) is 19.1 Å². The van der Waals surface area contributed by atoms with E-state index in [9.17, 15) is 14.4 Å². The highest BCUT2D eigenvalue weighted by molar-refractivity contribution is 5.97. The van der Waals surface area contributed by atoms with Gasteiger partial charge < -0.3 is 19.8 Å². The van der Waals surface area contributed by atoms with E-state index in [4.69, 9.17) is 14.9 Å². The van der Waals surface area contributed by atoms with Gasteiger partial charge in [0.1, 0.15) is 13.2 Å². The first-order chi connectivity index (χ1) is 16.9. The average Bonchev–Trinajstić information content (AvgIpc) is 3.17. The third kappa shape index (κ3) is 5.17. The van der Waals surface area contributed by atoms with E-state index < -0.39 is 24.5 Å². The summed E-state index contributed by atoms with van der Waals surface area (Å²) in [6.07, 6.45) is -0.609. The Morgan fingerprint density at radius 1 is 0.971 bits per heavy atom.